The highest BCUT2D eigenvalue weighted by Gasteiger charge is 2.19. The minimum atomic E-state index is -3.53. The molecule has 0 aliphatic carbocycles. The predicted molar refractivity (Wildman–Crippen MR) is 108 cm³/mol. The van der Waals surface area contributed by atoms with Crippen molar-refractivity contribution < 1.29 is 8.42 Å². The van der Waals surface area contributed by atoms with E-state index in [0.29, 0.717) is 6.54 Å². The van der Waals surface area contributed by atoms with Gasteiger partial charge in [0, 0.05) is 16.7 Å². The van der Waals surface area contributed by atoms with Gasteiger partial charge in [-0.25, -0.2) is 13.1 Å². The molecule has 3 nitrogen and oxygen atoms in total. The summed E-state index contributed by atoms with van der Waals surface area (Å²) in [6.07, 6.45) is 0. The maximum atomic E-state index is 12.5. The zero-order valence-electron chi connectivity index (χ0n) is 14.5. The molecule has 3 aromatic carbocycles. The molecule has 0 aromatic heterocycles. The van der Waals surface area contributed by atoms with E-state index in [1.54, 1.807) is 42.1 Å². The predicted octanol–water partition coefficient (Wildman–Crippen LogP) is 4.81. The normalized spacial score (nSPS) is 12.7. The van der Waals surface area contributed by atoms with E-state index in [1.165, 1.54) is 5.56 Å². The zero-order valence-corrected chi connectivity index (χ0v) is 16.1. The monoisotopic (exact) mass is 383 g/mol. The van der Waals surface area contributed by atoms with Crippen LogP contribution in [0.15, 0.2) is 94.7 Å². The summed E-state index contributed by atoms with van der Waals surface area (Å²) in [5.74, 6) is 0. The van der Waals surface area contributed by atoms with Gasteiger partial charge in [0.15, 0.2) is 0 Å². The maximum absolute atomic E-state index is 12.5. The Labute approximate surface area is 159 Å². The van der Waals surface area contributed by atoms with Crippen molar-refractivity contribution in [1.29, 1.82) is 0 Å². The van der Waals surface area contributed by atoms with E-state index in [9.17, 15) is 8.42 Å². The van der Waals surface area contributed by atoms with Crippen molar-refractivity contribution in [1.82, 2.24) is 4.72 Å². The molecule has 1 unspecified atom stereocenters. The van der Waals surface area contributed by atoms with E-state index in [0.717, 1.165) is 10.5 Å². The van der Waals surface area contributed by atoms with E-state index in [4.69, 9.17) is 0 Å². The second-order valence-electron chi connectivity index (χ2n) is 6.00. The molecule has 5 heteroatoms. The van der Waals surface area contributed by atoms with Gasteiger partial charge in [0.05, 0.1) is 4.90 Å². The highest BCUT2D eigenvalue weighted by Crippen LogP contribution is 2.35. The van der Waals surface area contributed by atoms with Gasteiger partial charge in [-0.05, 0) is 36.8 Å². The number of rotatable bonds is 7. The lowest BCUT2D eigenvalue weighted by Gasteiger charge is -2.18. The average molecular weight is 384 g/mol. The summed E-state index contributed by atoms with van der Waals surface area (Å²) in [6, 6.07) is 26.7. The van der Waals surface area contributed by atoms with Crippen molar-refractivity contribution in [3.05, 3.63) is 96.1 Å². The van der Waals surface area contributed by atoms with E-state index in [-0.39, 0.29) is 10.1 Å². The first-order valence-electron chi connectivity index (χ1n) is 8.37. The quantitative estimate of drug-likeness (QED) is 0.596. The number of sulfonamides is 1. The van der Waals surface area contributed by atoms with Gasteiger partial charge in [-0.1, -0.05) is 66.2 Å². The molecule has 0 heterocycles. The Morgan fingerprint density at radius 2 is 1.42 bits per heavy atom. The number of nitrogens with one attached hydrogen (secondary N) is 1. The van der Waals surface area contributed by atoms with E-state index in [2.05, 4.69) is 35.9 Å². The van der Waals surface area contributed by atoms with Crippen LogP contribution < -0.4 is 4.72 Å². The zero-order chi connectivity index (χ0) is 18.4. The van der Waals surface area contributed by atoms with E-state index in [1.807, 2.05) is 30.3 Å². The fourth-order valence-corrected chi connectivity index (χ4v) is 4.80. The van der Waals surface area contributed by atoms with Crippen LogP contribution >= 0.6 is 11.8 Å². The third kappa shape index (κ3) is 4.97. The summed E-state index contributed by atoms with van der Waals surface area (Å²) in [7, 11) is -3.53. The Morgan fingerprint density at radius 1 is 0.846 bits per heavy atom. The molecule has 0 spiro atoms. The summed E-state index contributed by atoms with van der Waals surface area (Å²) in [6.45, 7) is 2.37. The van der Waals surface area contributed by atoms with Gasteiger partial charge in [0.25, 0.3) is 0 Å². The molecular weight excluding hydrogens is 362 g/mol. The Bertz CT molecular complexity index is 925. The number of hydrogen-bond donors (Lipinski definition) is 1. The molecule has 26 heavy (non-hydrogen) atoms. The lowest BCUT2D eigenvalue weighted by Crippen LogP contribution is -2.27. The van der Waals surface area contributed by atoms with Gasteiger partial charge in [-0.15, -0.1) is 11.8 Å². The summed E-state index contributed by atoms with van der Waals surface area (Å²) in [5.41, 5.74) is 2.30. The Hall–Kier alpha value is -2.08. The SMILES string of the molecule is Cc1ccc(SC(CNS(=O)(=O)c2ccccc2)c2ccccc2)cc1. The summed E-state index contributed by atoms with van der Waals surface area (Å²) < 4.78 is 27.8. The molecule has 0 aliphatic rings. The van der Waals surface area contributed by atoms with Crippen LogP contribution in [-0.4, -0.2) is 15.0 Å². The van der Waals surface area contributed by atoms with Gasteiger partial charge in [-0.2, -0.15) is 0 Å². The number of aryl methyl sites for hydroxylation is 1. The first kappa shape index (κ1) is 18.7. The standard InChI is InChI=1S/C21H21NO2S2/c1-17-12-14-19(15-13-17)25-21(18-8-4-2-5-9-18)16-22-26(23,24)20-10-6-3-7-11-20/h2-15,21-22H,16H2,1H3. The highest BCUT2D eigenvalue weighted by molar-refractivity contribution is 7.99. The molecule has 0 aliphatic heterocycles. The third-order valence-corrected chi connectivity index (χ3v) is 6.69. The van der Waals surface area contributed by atoms with Crippen LogP contribution in [0.5, 0.6) is 0 Å². The summed E-state index contributed by atoms with van der Waals surface area (Å²) in [5, 5.41) is -0.0163. The molecular formula is C21H21NO2S2. The molecule has 1 atom stereocenters. The maximum Gasteiger partial charge on any atom is 0.240 e. The van der Waals surface area contributed by atoms with Crippen LogP contribution in [0.3, 0.4) is 0 Å². The second-order valence-corrected chi connectivity index (χ2v) is 9.04. The van der Waals surface area contributed by atoms with Crippen LogP contribution in [0, 0.1) is 6.92 Å². The smallest absolute Gasteiger partial charge is 0.210 e. The van der Waals surface area contributed by atoms with Gasteiger partial charge in [0.2, 0.25) is 10.0 Å². The molecule has 3 aromatic rings. The molecule has 0 saturated heterocycles. The van der Waals surface area contributed by atoms with Crippen LogP contribution in [0.2, 0.25) is 0 Å². The summed E-state index contributed by atoms with van der Waals surface area (Å²) >= 11 is 1.66. The largest absolute Gasteiger partial charge is 0.240 e. The van der Waals surface area contributed by atoms with Crippen molar-refractivity contribution >= 4 is 21.8 Å². The molecule has 0 saturated carbocycles. The van der Waals surface area contributed by atoms with Crippen molar-refractivity contribution in [3.8, 4) is 0 Å². The number of thioether (sulfide) groups is 1. The van der Waals surface area contributed by atoms with Crippen LogP contribution in [0.4, 0.5) is 0 Å². The summed E-state index contributed by atoms with van der Waals surface area (Å²) in [4.78, 5) is 1.40. The lowest BCUT2D eigenvalue weighted by molar-refractivity contribution is 0.581. The minimum Gasteiger partial charge on any atom is -0.210 e. The third-order valence-electron chi connectivity index (χ3n) is 3.98. The number of hydrogen-bond acceptors (Lipinski definition) is 3. The second kappa shape index (κ2) is 8.54. The van der Waals surface area contributed by atoms with Crippen molar-refractivity contribution in [2.45, 2.75) is 22.0 Å². The highest BCUT2D eigenvalue weighted by atomic mass is 32.2. The molecule has 0 amide bonds. The van der Waals surface area contributed by atoms with Gasteiger partial charge in [-0.3, -0.25) is 0 Å². The molecule has 0 bridgehead atoms. The average Bonchev–Trinajstić information content (AvgIpc) is 2.68. The van der Waals surface area contributed by atoms with Crippen molar-refractivity contribution in [2.24, 2.45) is 0 Å². The fourth-order valence-electron chi connectivity index (χ4n) is 2.54. The van der Waals surface area contributed by atoms with Gasteiger partial charge in [0.1, 0.15) is 0 Å². The van der Waals surface area contributed by atoms with Crippen LogP contribution in [-0.2, 0) is 10.0 Å². The van der Waals surface area contributed by atoms with Crippen LogP contribution in [0.1, 0.15) is 16.4 Å². The van der Waals surface area contributed by atoms with E-state index < -0.39 is 10.0 Å². The fraction of sp³-hybridized carbons (Fsp3) is 0.143. The minimum absolute atomic E-state index is 0.0163. The van der Waals surface area contributed by atoms with Crippen LogP contribution in [0.25, 0.3) is 0 Å². The van der Waals surface area contributed by atoms with Gasteiger partial charge >= 0.3 is 0 Å². The van der Waals surface area contributed by atoms with Crippen molar-refractivity contribution in [3.63, 3.8) is 0 Å². The number of benzene rings is 3. The molecule has 0 fully saturated rings. The molecule has 3 rings (SSSR count). The first-order chi connectivity index (χ1) is 12.5. The molecule has 134 valence electrons. The Balaban J connectivity index is 1.79. The Kier molecular flexibility index (Phi) is 6.14. The van der Waals surface area contributed by atoms with Gasteiger partial charge < -0.3 is 0 Å². The Morgan fingerprint density at radius 3 is 2.04 bits per heavy atom. The van der Waals surface area contributed by atoms with E-state index >= 15 is 0 Å². The first-order valence-corrected chi connectivity index (χ1v) is 10.7. The molecule has 0 radical (unpaired) electrons. The lowest BCUT2D eigenvalue weighted by atomic mass is 10.1. The van der Waals surface area contributed by atoms with Crippen molar-refractivity contribution in [2.75, 3.05) is 6.54 Å². The topological polar surface area (TPSA) is 46.2 Å². The molecule has 1 N–H and O–H groups in total.